The van der Waals surface area contributed by atoms with Crippen LogP contribution in [-0.2, 0) is 28.7 Å². The van der Waals surface area contributed by atoms with Gasteiger partial charge in [0.2, 0.25) is 11.7 Å². The lowest BCUT2D eigenvalue weighted by atomic mass is 9.46. The van der Waals surface area contributed by atoms with Gasteiger partial charge in [-0.3, -0.25) is 19.2 Å². The van der Waals surface area contributed by atoms with Crippen molar-refractivity contribution in [1.29, 1.82) is 0 Å². The molecule has 42 heavy (non-hydrogen) atoms. The van der Waals surface area contributed by atoms with Crippen molar-refractivity contribution < 1.29 is 49.1 Å². The molecule has 232 valence electrons. The number of rotatable bonds is 10. The summed E-state index contributed by atoms with van der Waals surface area (Å²) >= 11 is 0. The molecule has 0 bridgehead atoms. The van der Waals surface area contributed by atoms with Crippen molar-refractivity contribution in [3.63, 3.8) is 0 Å². The summed E-state index contributed by atoms with van der Waals surface area (Å²) in [5.74, 6) is -3.57. The van der Waals surface area contributed by atoms with Gasteiger partial charge in [0.25, 0.3) is 0 Å². The Morgan fingerprint density at radius 1 is 1.17 bits per heavy atom. The number of ketones is 2. The van der Waals surface area contributed by atoms with Crippen LogP contribution in [-0.4, -0.2) is 80.8 Å². The van der Waals surface area contributed by atoms with Gasteiger partial charge in [-0.1, -0.05) is 39.3 Å². The van der Waals surface area contributed by atoms with Gasteiger partial charge in [-0.15, -0.1) is 0 Å². The standard InChI is InChI=1S/C31H43NO10/c1-28(2,26(38)27(39)40)16-32-23(36)7-8-24(37)42-15-22(35)31(41)12-10-20-19-6-5-17-13-18(33)9-11-29(17,3)25(19)21(34)14-30(20,31)4/h9,11,13,19-21,25-26,34,38,41H,5-8,10,12,14-16H2,1-4H3,(H,32,36)(H,39,40)/t19-,20-,21-,25+,26+,29-,30-,31+/m0/s1. The molecule has 0 aromatic carbocycles. The van der Waals surface area contributed by atoms with E-state index in [1.165, 1.54) is 13.8 Å². The third-order valence-electron chi connectivity index (χ3n) is 10.7. The second-order valence-electron chi connectivity index (χ2n) is 13.7. The lowest BCUT2D eigenvalue weighted by molar-refractivity contribution is -0.181. The molecule has 0 heterocycles. The summed E-state index contributed by atoms with van der Waals surface area (Å²) in [5, 5.41) is 44.4. The third-order valence-corrected chi connectivity index (χ3v) is 10.7. The Balaban J connectivity index is 1.33. The van der Waals surface area contributed by atoms with Gasteiger partial charge in [-0.2, -0.15) is 0 Å². The highest BCUT2D eigenvalue weighted by Crippen LogP contribution is 2.67. The van der Waals surface area contributed by atoms with E-state index in [1.807, 2.05) is 13.0 Å². The highest BCUT2D eigenvalue weighted by atomic mass is 16.5. The third kappa shape index (κ3) is 5.46. The number of allylic oxidation sites excluding steroid dienone is 4. The number of carboxylic acids is 1. The van der Waals surface area contributed by atoms with Crippen molar-refractivity contribution in [2.75, 3.05) is 13.2 Å². The number of fused-ring (bicyclic) bond motifs is 5. The Morgan fingerprint density at radius 3 is 2.52 bits per heavy atom. The first-order valence-corrected chi connectivity index (χ1v) is 14.7. The maximum Gasteiger partial charge on any atom is 0.333 e. The van der Waals surface area contributed by atoms with Gasteiger partial charge in [-0.05, 0) is 56.1 Å². The summed E-state index contributed by atoms with van der Waals surface area (Å²) in [6.45, 7) is 6.07. The number of hydrogen-bond acceptors (Lipinski definition) is 9. The normalized spacial score (nSPS) is 36.2. The molecule has 4 aliphatic rings. The molecule has 0 saturated heterocycles. The van der Waals surface area contributed by atoms with Gasteiger partial charge in [0, 0.05) is 35.1 Å². The van der Waals surface area contributed by atoms with E-state index in [0.717, 1.165) is 12.0 Å². The van der Waals surface area contributed by atoms with Crippen LogP contribution in [0.3, 0.4) is 0 Å². The molecule has 0 unspecified atom stereocenters. The summed E-state index contributed by atoms with van der Waals surface area (Å²) in [5.41, 5.74) is -3.28. The van der Waals surface area contributed by atoms with Crippen molar-refractivity contribution in [3.05, 3.63) is 23.8 Å². The molecule has 1 amide bonds. The highest BCUT2D eigenvalue weighted by molar-refractivity contribution is 6.01. The fourth-order valence-corrected chi connectivity index (χ4v) is 8.19. The zero-order valence-electron chi connectivity index (χ0n) is 24.7. The predicted molar refractivity (Wildman–Crippen MR) is 149 cm³/mol. The van der Waals surface area contributed by atoms with Gasteiger partial charge in [0.05, 0.1) is 12.5 Å². The Kier molecular flexibility index (Phi) is 8.63. The number of carboxylic acid groups (broad SMARTS) is 1. The van der Waals surface area contributed by atoms with E-state index >= 15 is 0 Å². The average Bonchev–Trinajstić information content (AvgIpc) is 3.19. The van der Waals surface area contributed by atoms with E-state index in [4.69, 9.17) is 9.84 Å². The first-order valence-electron chi connectivity index (χ1n) is 14.7. The molecule has 0 spiro atoms. The quantitative estimate of drug-likeness (QED) is 0.234. The van der Waals surface area contributed by atoms with Crippen LogP contribution in [0, 0.1) is 34.0 Å². The Labute approximate surface area is 245 Å². The largest absolute Gasteiger partial charge is 0.479 e. The summed E-state index contributed by atoms with van der Waals surface area (Å²) in [6, 6.07) is 0. The molecule has 8 atom stereocenters. The number of nitrogens with one attached hydrogen (secondary N) is 1. The second kappa shape index (κ2) is 11.3. The summed E-state index contributed by atoms with van der Waals surface area (Å²) in [7, 11) is 0. The molecule has 5 N–H and O–H groups in total. The van der Waals surface area contributed by atoms with Crippen molar-refractivity contribution in [1.82, 2.24) is 5.32 Å². The Bertz CT molecular complexity index is 1220. The number of carbonyl (C=O) groups excluding carboxylic acids is 4. The summed E-state index contributed by atoms with van der Waals surface area (Å²) in [4.78, 5) is 60.9. The molecular weight excluding hydrogens is 546 g/mol. The van der Waals surface area contributed by atoms with E-state index in [9.17, 15) is 39.3 Å². The molecule has 4 aliphatic carbocycles. The fourth-order valence-electron chi connectivity index (χ4n) is 8.19. The topological polar surface area (TPSA) is 188 Å². The van der Waals surface area contributed by atoms with E-state index in [1.54, 1.807) is 12.2 Å². The van der Waals surface area contributed by atoms with Gasteiger partial charge in [0.15, 0.2) is 18.5 Å². The lowest BCUT2D eigenvalue weighted by Crippen LogP contribution is -2.61. The number of aliphatic carboxylic acids is 1. The van der Waals surface area contributed by atoms with Crippen LogP contribution >= 0.6 is 0 Å². The van der Waals surface area contributed by atoms with Crippen LogP contribution in [0.25, 0.3) is 0 Å². The number of amides is 1. The van der Waals surface area contributed by atoms with E-state index in [-0.39, 0.29) is 55.8 Å². The van der Waals surface area contributed by atoms with Gasteiger partial charge >= 0.3 is 11.9 Å². The fraction of sp³-hybridized carbons (Fsp3) is 0.710. The van der Waals surface area contributed by atoms with Crippen LogP contribution < -0.4 is 5.32 Å². The number of ether oxygens (including phenoxy) is 1. The number of aliphatic hydroxyl groups excluding tert-OH is 2. The number of carbonyl (C=O) groups is 5. The minimum Gasteiger partial charge on any atom is -0.479 e. The van der Waals surface area contributed by atoms with E-state index in [2.05, 4.69) is 12.2 Å². The van der Waals surface area contributed by atoms with Crippen molar-refractivity contribution in [3.8, 4) is 0 Å². The molecular formula is C31H43NO10. The van der Waals surface area contributed by atoms with E-state index < -0.39 is 64.3 Å². The maximum atomic E-state index is 13.4. The summed E-state index contributed by atoms with van der Waals surface area (Å²) < 4.78 is 5.14. The molecule has 3 fully saturated rings. The maximum absolute atomic E-state index is 13.4. The molecule has 0 aliphatic heterocycles. The molecule has 0 aromatic heterocycles. The van der Waals surface area contributed by atoms with Crippen molar-refractivity contribution in [2.24, 2.45) is 34.0 Å². The van der Waals surface area contributed by atoms with Crippen LogP contribution in [0.1, 0.15) is 72.6 Å². The molecule has 0 radical (unpaired) electrons. The first-order chi connectivity index (χ1) is 19.5. The van der Waals surface area contributed by atoms with Crippen molar-refractivity contribution in [2.45, 2.75) is 90.4 Å². The first kappa shape index (κ1) is 32.0. The lowest BCUT2D eigenvalue weighted by Gasteiger charge is -2.59. The molecule has 11 nitrogen and oxygen atoms in total. The van der Waals surface area contributed by atoms with Crippen LogP contribution in [0.2, 0.25) is 0 Å². The number of Topliss-reactive ketones (excluding diaryl/α,β-unsaturated/α-hetero) is 1. The zero-order valence-corrected chi connectivity index (χ0v) is 24.7. The average molecular weight is 590 g/mol. The van der Waals surface area contributed by atoms with Crippen LogP contribution in [0.4, 0.5) is 0 Å². The molecule has 3 saturated carbocycles. The minimum absolute atomic E-state index is 0.0347. The van der Waals surface area contributed by atoms with E-state index in [0.29, 0.717) is 12.8 Å². The minimum atomic E-state index is -1.78. The SMILES string of the molecule is CC(C)(CNC(=O)CCC(=O)OCC(=O)[C@]1(O)CC[C@H]2[C@@H]3CCC4=CC(=O)C=C[C@]4(C)[C@H]3[C@@H](O)C[C@@]21C)[C@H](O)C(=O)O. The second-order valence-corrected chi connectivity index (χ2v) is 13.7. The smallest absolute Gasteiger partial charge is 0.333 e. The molecule has 11 heteroatoms. The summed E-state index contributed by atoms with van der Waals surface area (Å²) in [6.07, 6.45) is 4.50. The van der Waals surface area contributed by atoms with Gasteiger partial charge < -0.3 is 30.5 Å². The number of aliphatic hydroxyl groups is 3. The Hall–Kier alpha value is -2.89. The van der Waals surface area contributed by atoms with Gasteiger partial charge in [-0.25, -0.2) is 4.79 Å². The Morgan fingerprint density at radius 2 is 1.86 bits per heavy atom. The number of hydrogen-bond donors (Lipinski definition) is 5. The zero-order chi connectivity index (χ0) is 31.3. The van der Waals surface area contributed by atoms with Crippen molar-refractivity contribution >= 4 is 29.4 Å². The van der Waals surface area contributed by atoms with Gasteiger partial charge in [0.1, 0.15) is 5.60 Å². The highest BCUT2D eigenvalue weighted by Gasteiger charge is 2.68. The monoisotopic (exact) mass is 589 g/mol. The van der Waals surface area contributed by atoms with Crippen LogP contribution in [0.15, 0.2) is 23.8 Å². The predicted octanol–water partition coefficient (Wildman–Crippen LogP) is 1.48. The molecule has 4 rings (SSSR count). The number of esters is 1. The van der Waals surface area contributed by atoms with Crippen LogP contribution in [0.5, 0.6) is 0 Å². The molecule has 0 aromatic rings.